The van der Waals surface area contributed by atoms with Crippen LogP contribution in [0.25, 0.3) is 0 Å². The molecule has 0 N–H and O–H groups in total. The number of hydrogen-bond acceptors (Lipinski definition) is 2. The maximum atomic E-state index is 11.5. The molecule has 9 heavy (non-hydrogen) atoms. The Balaban J connectivity index is 2.46. The summed E-state index contributed by atoms with van der Waals surface area (Å²) in [6, 6.07) is 0. The van der Waals surface area contributed by atoms with Gasteiger partial charge in [0.15, 0.2) is 0 Å². The summed E-state index contributed by atoms with van der Waals surface area (Å²) in [5.74, 6) is 0. The summed E-state index contributed by atoms with van der Waals surface area (Å²) >= 11 is 0. The highest BCUT2D eigenvalue weighted by molar-refractivity contribution is 4.82. The van der Waals surface area contributed by atoms with E-state index in [1.807, 2.05) is 0 Å². The van der Waals surface area contributed by atoms with Gasteiger partial charge < -0.3 is 4.84 Å². The second-order valence-electron chi connectivity index (χ2n) is 1.51. The average Bonchev–Trinajstić information content (AvgIpc) is 2.08. The first-order valence-electron chi connectivity index (χ1n) is 2.27. The lowest BCUT2D eigenvalue weighted by molar-refractivity contribution is -0.341. The number of rotatable bonds is 0. The Hall–Kier alpha value is -0.710. The Morgan fingerprint density at radius 2 is 2.11 bits per heavy atom. The van der Waals surface area contributed by atoms with Crippen LogP contribution in [0.2, 0.25) is 0 Å². The minimum absolute atomic E-state index is 0.0625. The van der Waals surface area contributed by atoms with E-state index in [0.29, 0.717) is 0 Å². The van der Waals surface area contributed by atoms with Gasteiger partial charge in [-0.05, 0) is 11.1 Å². The van der Waals surface area contributed by atoms with Crippen LogP contribution in [0.15, 0.2) is 12.3 Å². The van der Waals surface area contributed by atoms with E-state index in [1.54, 1.807) is 0 Å². The van der Waals surface area contributed by atoms with Crippen LogP contribution < -0.4 is 0 Å². The van der Waals surface area contributed by atoms with Crippen LogP contribution >= 0.6 is 0 Å². The largest absolute Gasteiger partial charge is 0.492 e. The smallest absolute Gasteiger partial charge is 0.406 e. The van der Waals surface area contributed by atoms with Crippen molar-refractivity contribution in [3.05, 3.63) is 12.3 Å². The van der Waals surface area contributed by atoms with Crippen LogP contribution in [0.1, 0.15) is 0 Å². The third kappa shape index (κ3) is 1.35. The Morgan fingerprint density at radius 1 is 1.44 bits per heavy atom. The number of hydroxylamine groups is 2. The molecular formula is C4H4F3NO. The zero-order valence-corrected chi connectivity index (χ0v) is 4.35. The highest BCUT2D eigenvalue weighted by Crippen LogP contribution is 2.23. The standard InChI is InChI=1S/C4H4F3NO/c5-4(6,7)8-2-1-3-9-8/h1,3H,2H2. The molecule has 0 atom stereocenters. The third-order valence-corrected chi connectivity index (χ3v) is 0.838. The van der Waals surface area contributed by atoms with Gasteiger partial charge in [0.2, 0.25) is 0 Å². The minimum atomic E-state index is -4.37. The first-order valence-corrected chi connectivity index (χ1v) is 2.27. The Kier molecular flexibility index (Phi) is 1.36. The van der Waals surface area contributed by atoms with Crippen molar-refractivity contribution in [3.63, 3.8) is 0 Å². The zero-order valence-electron chi connectivity index (χ0n) is 4.35. The number of nitrogens with zero attached hydrogens (tertiary/aromatic N) is 1. The summed E-state index contributed by atoms with van der Waals surface area (Å²) in [6.07, 6.45) is -2.08. The molecule has 0 aromatic heterocycles. The van der Waals surface area contributed by atoms with E-state index in [0.717, 1.165) is 6.26 Å². The summed E-state index contributed by atoms with van der Waals surface area (Å²) in [4.78, 5) is 4.05. The van der Waals surface area contributed by atoms with Crippen molar-refractivity contribution in [2.75, 3.05) is 6.54 Å². The van der Waals surface area contributed by atoms with E-state index < -0.39 is 6.30 Å². The van der Waals surface area contributed by atoms with Gasteiger partial charge in [-0.2, -0.15) is 13.2 Å². The quantitative estimate of drug-likeness (QED) is 0.468. The molecule has 52 valence electrons. The zero-order chi connectivity index (χ0) is 6.91. The van der Waals surface area contributed by atoms with Gasteiger partial charge in [0, 0.05) is 0 Å². The van der Waals surface area contributed by atoms with Crippen molar-refractivity contribution in [3.8, 4) is 0 Å². The lowest BCUT2D eigenvalue weighted by Crippen LogP contribution is -2.34. The number of hydrogen-bond donors (Lipinski definition) is 0. The molecule has 0 radical (unpaired) electrons. The van der Waals surface area contributed by atoms with E-state index in [4.69, 9.17) is 0 Å². The molecule has 1 aliphatic rings. The highest BCUT2D eigenvalue weighted by Gasteiger charge is 2.39. The van der Waals surface area contributed by atoms with E-state index in [1.165, 1.54) is 6.08 Å². The summed E-state index contributed by atoms with van der Waals surface area (Å²) in [6.45, 7) is -0.219. The van der Waals surface area contributed by atoms with Gasteiger partial charge in [-0.15, -0.1) is 0 Å². The first kappa shape index (κ1) is 6.41. The maximum Gasteiger partial charge on any atom is 0.492 e. The van der Waals surface area contributed by atoms with Crippen molar-refractivity contribution >= 4 is 0 Å². The minimum Gasteiger partial charge on any atom is -0.406 e. The fraction of sp³-hybridized carbons (Fsp3) is 0.500. The molecule has 0 aromatic carbocycles. The second kappa shape index (κ2) is 1.91. The molecule has 2 nitrogen and oxygen atoms in total. The van der Waals surface area contributed by atoms with Crippen LogP contribution in [0.5, 0.6) is 0 Å². The monoisotopic (exact) mass is 139 g/mol. The van der Waals surface area contributed by atoms with E-state index in [-0.39, 0.29) is 11.6 Å². The van der Waals surface area contributed by atoms with Crippen LogP contribution in [0, 0.1) is 0 Å². The second-order valence-corrected chi connectivity index (χ2v) is 1.51. The first-order chi connectivity index (χ1) is 4.11. The molecule has 0 amide bonds. The van der Waals surface area contributed by atoms with Crippen molar-refractivity contribution in [1.82, 2.24) is 5.06 Å². The fourth-order valence-electron chi connectivity index (χ4n) is 0.462. The lowest BCUT2D eigenvalue weighted by Gasteiger charge is -2.16. The van der Waals surface area contributed by atoms with Gasteiger partial charge in [-0.3, -0.25) is 0 Å². The van der Waals surface area contributed by atoms with Gasteiger partial charge in [0.25, 0.3) is 0 Å². The SMILES string of the molecule is FC(F)(F)N1CC=CO1. The molecule has 0 unspecified atom stereocenters. The number of alkyl halides is 3. The normalized spacial score (nSPS) is 20.3. The molecule has 0 spiro atoms. The molecule has 1 rings (SSSR count). The van der Waals surface area contributed by atoms with Gasteiger partial charge in [0.05, 0.1) is 6.54 Å². The summed E-state index contributed by atoms with van der Waals surface area (Å²) in [5, 5.41) is -0.0625. The van der Waals surface area contributed by atoms with Crippen molar-refractivity contribution in [1.29, 1.82) is 0 Å². The Morgan fingerprint density at radius 3 is 2.33 bits per heavy atom. The summed E-state index contributed by atoms with van der Waals surface area (Å²) < 4.78 is 34.6. The molecule has 5 heteroatoms. The predicted octanol–water partition coefficient (Wildman–Crippen LogP) is 1.27. The van der Waals surface area contributed by atoms with Gasteiger partial charge in [-0.25, -0.2) is 0 Å². The third-order valence-electron chi connectivity index (χ3n) is 0.838. The van der Waals surface area contributed by atoms with Crippen LogP contribution in [-0.2, 0) is 4.84 Å². The molecule has 0 saturated carbocycles. The number of halogens is 3. The molecule has 0 aromatic rings. The Bertz CT molecular complexity index is 122. The van der Waals surface area contributed by atoms with Gasteiger partial charge in [0.1, 0.15) is 6.26 Å². The summed E-state index contributed by atoms with van der Waals surface area (Å²) in [7, 11) is 0. The fourth-order valence-corrected chi connectivity index (χ4v) is 0.462. The summed E-state index contributed by atoms with van der Waals surface area (Å²) in [5.41, 5.74) is 0. The average molecular weight is 139 g/mol. The molecule has 0 fully saturated rings. The maximum absolute atomic E-state index is 11.5. The molecule has 1 aliphatic heterocycles. The molecule has 0 aliphatic carbocycles. The molecule has 0 bridgehead atoms. The van der Waals surface area contributed by atoms with Crippen molar-refractivity contribution < 1.29 is 18.0 Å². The topological polar surface area (TPSA) is 12.5 Å². The lowest BCUT2D eigenvalue weighted by atomic mass is 10.6. The highest BCUT2D eigenvalue weighted by atomic mass is 19.4. The van der Waals surface area contributed by atoms with E-state index >= 15 is 0 Å². The van der Waals surface area contributed by atoms with Gasteiger partial charge >= 0.3 is 6.30 Å². The van der Waals surface area contributed by atoms with Crippen molar-refractivity contribution in [2.24, 2.45) is 0 Å². The van der Waals surface area contributed by atoms with E-state index in [2.05, 4.69) is 4.84 Å². The van der Waals surface area contributed by atoms with Gasteiger partial charge in [-0.1, -0.05) is 0 Å². The molecular weight excluding hydrogens is 135 g/mol. The van der Waals surface area contributed by atoms with Crippen LogP contribution in [0.3, 0.4) is 0 Å². The molecule has 0 saturated heterocycles. The molecule has 1 heterocycles. The predicted molar refractivity (Wildman–Crippen MR) is 23.0 cm³/mol. The van der Waals surface area contributed by atoms with Crippen molar-refractivity contribution in [2.45, 2.75) is 6.30 Å². The Labute approximate surface area is 49.5 Å². The van der Waals surface area contributed by atoms with E-state index in [9.17, 15) is 13.2 Å². The van der Waals surface area contributed by atoms with Crippen LogP contribution in [0.4, 0.5) is 13.2 Å². The van der Waals surface area contributed by atoms with Crippen LogP contribution in [-0.4, -0.2) is 17.9 Å².